The van der Waals surface area contributed by atoms with Crippen LogP contribution in [-0.4, -0.2) is 70.8 Å². The third kappa shape index (κ3) is 17.2. The van der Waals surface area contributed by atoms with Crippen LogP contribution >= 0.6 is 24.4 Å². The van der Waals surface area contributed by atoms with Crippen molar-refractivity contribution >= 4 is 58.3 Å². The van der Waals surface area contributed by atoms with Gasteiger partial charge in [-0.1, -0.05) is 69.3 Å². The van der Waals surface area contributed by atoms with E-state index in [4.69, 9.17) is 49.7 Å². The highest BCUT2D eigenvalue weighted by molar-refractivity contribution is 8.00. The summed E-state index contributed by atoms with van der Waals surface area (Å²) in [6.07, 6.45) is 0. The molecule has 0 aromatic heterocycles. The second kappa shape index (κ2) is 23.5. The van der Waals surface area contributed by atoms with Crippen LogP contribution in [0.1, 0.15) is 52.7 Å². The van der Waals surface area contributed by atoms with Crippen LogP contribution in [0, 0.1) is 0 Å². The van der Waals surface area contributed by atoms with Gasteiger partial charge in [-0.25, -0.2) is 0 Å². The second-order valence-electron chi connectivity index (χ2n) is 8.97. The first-order valence-electron chi connectivity index (χ1n) is 13.9. The van der Waals surface area contributed by atoms with Gasteiger partial charge in [0.25, 0.3) is 0 Å². The fourth-order valence-electron chi connectivity index (χ4n) is 3.82. The van der Waals surface area contributed by atoms with Crippen molar-refractivity contribution in [3.63, 3.8) is 0 Å². The summed E-state index contributed by atoms with van der Waals surface area (Å²) in [7, 11) is 0. The van der Waals surface area contributed by atoms with E-state index >= 15 is 0 Å². The molecule has 0 aliphatic carbocycles. The van der Waals surface area contributed by atoms with Crippen molar-refractivity contribution in [3.8, 4) is 0 Å². The number of rotatable bonds is 13. The molecule has 2 aromatic rings. The van der Waals surface area contributed by atoms with E-state index in [1.165, 1.54) is 50.4 Å². The number of nitrogens with one attached hydrogen (secondary N) is 2. The summed E-state index contributed by atoms with van der Waals surface area (Å²) in [5.41, 5.74) is 2.36. The van der Waals surface area contributed by atoms with Crippen molar-refractivity contribution in [1.82, 2.24) is 9.80 Å². The highest BCUT2D eigenvalue weighted by atomic mass is 32.1. The van der Waals surface area contributed by atoms with E-state index in [1.54, 1.807) is 9.80 Å². The molecule has 0 spiro atoms. The highest BCUT2D eigenvalue weighted by Gasteiger charge is 2.07. The average molecular weight is 595 g/mol. The van der Waals surface area contributed by atoms with Crippen LogP contribution in [0.4, 0.5) is 0 Å². The van der Waals surface area contributed by atoms with Crippen molar-refractivity contribution in [2.75, 3.05) is 52.4 Å². The Labute approximate surface area is 255 Å². The van der Waals surface area contributed by atoms with Gasteiger partial charge in [0.15, 0.2) is 0 Å². The number of hydrogen-bond donors (Lipinski definition) is 2. The number of nitrogens with zero attached hydrogens (tertiary/aromatic N) is 2. The summed E-state index contributed by atoms with van der Waals surface area (Å²) in [5.74, 6) is 0. The Hall–Kier alpha value is -1.42. The van der Waals surface area contributed by atoms with Crippen molar-refractivity contribution in [2.45, 2.75) is 54.6 Å². The molecular formula is C30H50N4S4. The van der Waals surface area contributed by atoms with Crippen LogP contribution < -0.4 is 9.80 Å². The van der Waals surface area contributed by atoms with Gasteiger partial charge >= 0.3 is 0 Å². The van der Waals surface area contributed by atoms with E-state index in [-0.39, 0.29) is 0 Å². The van der Waals surface area contributed by atoms with Gasteiger partial charge in [-0.3, -0.25) is 0 Å². The van der Waals surface area contributed by atoms with Crippen LogP contribution in [0.2, 0.25) is 0 Å². The molecular weight excluding hydrogens is 545 g/mol. The maximum absolute atomic E-state index is 5.23. The van der Waals surface area contributed by atoms with E-state index < -0.39 is 0 Å². The predicted octanol–water partition coefficient (Wildman–Crippen LogP) is 3.52. The van der Waals surface area contributed by atoms with Crippen LogP contribution in [-0.2, 0) is 38.3 Å². The third-order valence-electron chi connectivity index (χ3n) is 6.59. The maximum atomic E-state index is 5.23. The number of hydrogen-bond acceptors (Lipinski definition) is 4. The molecule has 2 rings (SSSR count). The zero-order valence-electron chi connectivity index (χ0n) is 24.4. The van der Waals surface area contributed by atoms with Gasteiger partial charge in [0.05, 0.1) is 39.3 Å². The SMILES string of the molecule is CC[NH+](CC)CC.CC[NH+](CC)CC.S=C([S-])N(CCN(Cc1ccccc1)C(=S)[S-])Cc1ccccc1. The third-order valence-corrected chi connectivity index (χ3v) is 7.62. The smallest absolute Gasteiger partial charge is 0.0742 e. The van der Waals surface area contributed by atoms with Gasteiger partial charge in [-0.2, -0.15) is 0 Å². The molecule has 0 saturated heterocycles. The van der Waals surface area contributed by atoms with Gasteiger partial charge in [0, 0.05) is 26.2 Å². The minimum Gasteiger partial charge on any atom is -0.411 e. The molecule has 0 radical (unpaired) electrons. The lowest BCUT2D eigenvalue weighted by atomic mass is 10.2. The standard InChI is InChI=1S/C18H20N2S4.2C6H15N/c21-17(22)19(13-15-7-3-1-4-8-15)11-12-20(18(23)24)14-16-9-5-2-6-10-16;2*1-4-7(5-2)6-3/h1-10H,11-14H2,(H,21,22)(H,23,24);2*4-6H2,1-3H3. The average Bonchev–Trinajstić information content (AvgIpc) is 2.94. The predicted molar refractivity (Wildman–Crippen MR) is 179 cm³/mol. The monoisotopic (exact) mass is 594 g/mol. The highest BCUT2D eigenvalue weighted by Crippen LogP contribution is 2.09. The molecule has 2 N–H and O–H groups in total. The van der Waals surface area contributed by atoms with E-state index in [0.29, 0.717) is 34.8 Å². The summed E-state index contributed by atoms with van der Waals surface area (Å²) in [4.78, 5) is 7.37. The molecule has 0 fully saturated rings. The topological polar surface area (TPSA) is 15.4 Å². The van der Waals surface area contributed by atoms with Gasteiger partial charge < -0.3 is 69.3 Å². The van der Waals surface area contributed by atoms with Crippen molar-refractivity contribution in [2.24, 2.45) is 0 Å². The van der Waals surface area contributed by atoms with Crippen LogP contribution in [0.15, 0.2) is 60.7 Å². The lowest BCUT2D eigenvalue weighted by Gasteiger charge is -2.34. The Balaban J connectivity index is 0.000000804. The Morgan fingerprint density at radius 2 is 0.816 bits per heavy atom. The van der Waals surface area contributed by atoms with Gasteiger partial charge in [-0.05, 0) is 52.7 Å². The normalized spacial score (nSPS) is 10.2. The van der Waals surface area contributed by atoms with Crippen molar-refractivity contribution < 1.29 is 9.80 Å². The minimum absolute atomic E-state index is 0.466. The molecule has 0 amide bonds. The van der Waals surface area contributed by atoms with E-state index in [2.05, 4.69) is 65.8 Å². The maximum Gasteiger partial charge on any atom is 0.0742 e. The Morgan fingerprint density at radius 3 is 1.00 bits per heavy atom. The van der Waals surface area contributed by atoms with Crippen LogP contribution in [0.5, 0.6) is 0 Å². The first kappa shape index (κ1) is 36.6. The first-order chi connectivity index (χ1) is 18.3. The first-order valence-corrected chi connectivity index (χ1v) is 15.6. The summed E-state index contributed by atoms with van der Waals surface area (Å²) in [6.45, 7) is 23.8. The van der Waals surface area contributed by atoms with E-state index in [0.717, 1.165) is 0 Å². The fourth-order valence-corrected chi connectivity index (χ4v) is 4.44. The number of thiocarbonyl (C=S) groups is 2. The lowest BCUT2D eigenvalue weighted by molar-refractivity contribution is -0.894. The Morgan fingerprint density at radius 1 is 0.553 bits per heavy atom. The summed E-state index contributed by atoms with van der Waals surface area (Å²) >= 11 is 20.9. The lowest BCUT2D eigenvalue weighted by Crippen LogP contribution is -3.11. The van der Waals surface area contributed by atoms with Gasteiger partial charge in [0.1, 0.15) is 0 Å². The van der Waals surface area contributed by atoms with Gasteiger partial charge in [0.2, 0.25) is 0 Å². The summed E-state index contributed by atoms with van der Waals surface area (Å²) in [5, 5.41) is 0. The molecule has 0 unspecified atom stereocenters. The molecule has 8 heteroatoms. The molecule has 0 atom stereocenters. The fraction of sp³-hybridized carbons (Fsp3) is 0.533. The molecule has 4 nitrogen and oxygen atoms in total. The van der Waals surface area contributed by atoms with Gasteiger partial charge in [-0.15, -0.1) is 0 Å². The molecule has 0 bridgehead atoms. The van der Waals surface area contributed by atoms with Crippen LogP contribution in [0.25, 0.3) is 0 Å². The Bertz CT molecular complexity index is 761. The number of benzene rings is 2. The molecule has 0 saturated carbocycles. The molecule has 0 heterocycles. The van der Waals surface area contributed by atoms with Crippen molar-refractivity contribution in [1.29, 1.82) is 0 Å². The molecule has 38 heavy (non-hydrogen) atoms. The quantitative estimate of drug-likeness (QED) is 0.271. The zero-order valence-corrected chi connectivity index (χ0v) is 27.6. The Kier molecular flexibility index (Phi) is 22.6. The molecule has 214 valence electrons. The zero-order chi connectivity index (χ0) is 28.8. The number of quaternary nitrogens is 2. The van der Waals surface area contributed by atoms with Crippen molar-refractivity contribution in [3.05, 3.63) is 71.8 Å². The molecule has 2 aromatic carbocycles. The summed E-state index contributed by atoms with van der Waals surface area (Å²) in [6, 6.07) is 20.3. The van der Waals surface area contributed by atoms with E-state index in [9.17, 15) is 0 Å². The molecule has 0 aliphatic rings. The summed E-state index contributed by atoms with van der Waals surface area (Å²) < 4.78 is 0.933. The largest absolute Gasteiger partial charge is 0.411 e. The minimum atomic E-state index is 0.466. The molecule has 0 aliphatic heterocycles. The van der Waals surface area contributed by atoms with Crippen LogP contribution in [0.3, 0.4) is 0 Å². The van der Waals surface area contributed by atoms with E-state index in [1.807, 2.05) is 46.2 Å². The second-order valence-corrected chi connectivity index (χ2v) is 11.0.